The van der Waals surface area contributed by atoms with E-state index in [0.29, 0.717) is 123 Å². The molecule has 2 fully saturated rings. The van der Waals surface area contributed by atoms with Crippen molar-refractivity contribution >= 4 is 28.5 Å². The van der Waals surface area contributed by atoms with Crippen molar-refractivity contribution in [3.63, 3.8) is 0 Å². The molecule has 0 spiro atoms. The number of benzene rings is 1. The quantitative estimate of drug-likeness (QED) is 0.175. The van der Waals surface area contributed by atoms with Gasteiger partial charge < -0.3 is 47.9 Å². The van der Waals surface area contributed by atoms with Gasteiger partial charge in [0.25, 0.3) is 0 Å². The summed E-state index contributed by atoms with van der Waals surface area (Å²) in [5.41, 5.74) is -0.166. The number of rotatable bonds is 23. The lowest BCUT2D eigenvalue weighted by atomic mass is 10.1. The van der Waals surface area contributed by atoms with Crippen LogP contribution in [0.1, 0.15) is 49.0 Å². The molecule has 13 nitrogen and oxygen atoms in total. The molecule has 2 aromatic rings. The first kappa shape index (κ1) is 36.7. The van der Waals surface area contributed by atoms with Crippen molar-refractivity contribution in [1.29, 1.82) is 0 Å². The number of hydrogen-bond donors (Lipinski definition) is 1. The van der Waals surface area contributed by atoms with Crippen LogP contribution in [0.4, 0.5) is 10.1 Å². The molecule has 0 bridgehead atoms. The number of aromatic carboxylic acids is 1. The van der Waals surface area contributed by atoms with E-state index in [4.69, 9.17) is 28.4 Å². The Hall–Kier alpha value is -3.14. The number of amides is 1. The second-order valence-corrected chi connectivity index (χ2v) is 11.4. The third-order valence-corrected chi connectivity index (χ3v) is 7.97. The molecule has 1 saturated heterocycles. The van der Waals surface area contributed by atoms with E-state index >= 15 is 4.39 Å². The molecule has 0 unspecified atom stereocenters. The number of ether oxygens (including phenoxy) is 6. The van der Waals surface area contributed by atoms with E-state index in [-0.39, 0.29) is 29.3 Å². The fraction of sp³-hybridized carbons (Fsp3) is 0.667. The van der Waals surface area contributed by atoms with E-state index in [1.165, 1.54) is 6.20 Å². The summed E-state index contributed by atoms with van der Waals surface area (Å²) in [4.78, 5) is 40.7. The van der Waals surface area contributed by atoms with Crippen LogP contribution in [0.3, 0.4) is 0 Å². The van der Waals surface area contributed by atoms with Crippen molar-refractivity contribution in [3.8, 4) is 0 Å². The predicted octanol–water partition coefficient (Wildman–Crippen LogP) is 2.72. The van der Waals surface area contributed by atoms with Crippen molar-refractivity contribution in [2.75, 3.05) is 110 Å². The zero-order valence-electron chi connectivity index (χ0n) is 27.3. The number of carboxylic acids is 1. The first-order chi connectivity index (χ1) is 22.9. The van der Waals surface area contributed by atoms with Crippen molar-refractivity contribution in [1.82, 2.24) is 9.47 Å². The Kier molecular flexibility index (Phi) is 15.3. The zero-order valence-corrected chi connectivity index (χ0v) is 27.3. The molecule has 2 aliphatic rings. The van der Waals surface area contributed by atoms with E-state index in [9.17, 15) is 19.5 Å². The highest BCUT2D eigenvalue weighted by atomic mass is 19.1. The van der Waals surface area contributed by atoms with Crippen LogP contribution >= 0.6 is 0 Å². The fourth-order valence-electron chi connectivity index (χ4n) is 5.31. The number of piperazine rings is 1. The van der Waals surface area contributed by atoms with E-state index in [2.05, 4.69) is 0 Å². The molecule has 1 aromatic heterocycles. The number of carbonyl (C=O) groups is 2. The van der Waals surface area contributed by atoms with Crippen LogP contribution in [0, 0.1) is 5.82 Å². The number of pyridine rings is 1. The number of fused-ring (bicyclic) bond motifs is 1. The number of halogens is 1. The van der Waals surface area contributed by atoms with E-state index < -0.39 is 17.2 Å². The minimum absolute atomic E-state index is 0.0149. The van der Waals surface area contributed by atoms with Crippen LogP contribution in [-0.4, -0.2) is 132 Å². The van der Waals surface area contributed by atoms with E-state index in [0.717, 1.165) is 18.9 Å². The molecule has 0 radical (unpaired) electrons. The van der Waals surface area contributed by atoms with Gasteiger partial charge in [-0.15, -0.1) is 0 Å². The summed E-state index contributed by atoms with van der Waals surface area (Å²) in [7, 11) is 0. The predicted molar refractivity (Wildman–Crippen MR) is 172 cm³/mol. The average molecular weight is 666 g/mol. The van der Waals surface area contributed by atoms with Crippen molar-refractivity contribution in [2.24, 2.45) is 0 Å². The minimum Gasteiger partial charge on any atom is -0.477 e. The van der Waals surface area contributed by atoms with Gasteiger partial charge in [0.15, 0.2) is 0 Å². The number of nitrogens with zero attached hydrogens (tertiary/aromatic N) is 3. The normalized spacial score (nSPS) is 15.1. The highest BCUT2D eigenvalue weighted by Crippen LogP contribution is 2.38. The molecule has 1 aromatic carbocycles. The van der Waals surface area contributed by atoms with E-state index in [1.54, 1.807) is 15.5 Å². The summed E-state index contributed by atoms with van der Waals surface area (Å²) in [5.74, 6) is -1.92. The summed E-state index contributed by atoms with van der Waals surface area (Å²) >= 11 is 0. The smallest absolute Gasteiger partial charge is 0.341 e. The zero-order chi connectivity index (χ0) is 33.4. The topological polar surface area (TPSA) is 138 Å². The monoisotopic (exact) mass is 665 g/mol. The molecule has 2 heterocycles. The van der Waals surface area contributed by atoms with Crippen LogP contribution in [-0.2, 0) is 33.2 Å². The standard InChI is InChI=1S/C33H48FN3O10/c1-2-42-14-15-45-18-19-47-21-20-46-17-16-44-12-3-11-43-13-6-31(38)36-9-7-35(8-10-36)30-23-29-26(22-28(30)34)32(39)27(33(40)41)24-37(29)25-4-5-25/h22-25H,2-21H2,1H3,(H,40,41). The minimum atomic E-state index is -1.32. The van der Waals surface area contributed by atoms with Gasteiger partial charge in [0, 0.05) is 63.6 Å². The van der Waals surface area contributed by atoms with Crippen molar-refractivity contribution < 1.29 is 47.5 Å². The number of hydrogen-bond acceptors (Lipinski definition) is 10. The van der Waals surface area contributed by atoms with Gasteiger partial charge in [0.05, 0.1) is 77.1 Å². The summed E-state index contributed by atoms with van der Waals surface area (Å²) in [6.07, 6.45) is 4.10. The number of carbonyl (C=O) groups excluding carboxylic acids is 1. The van der Waals surface area contributed by atoms with Gasteiger partial charge in [0.1, 0.15) is 11.4 Å². The molecule has 1 aliphatic heterocycles. The number of anilines is 1. The lowest BCUT2D eigenvalue weighted by Crippen LogP contribution is -2.49. The Morgan fingerprint density at radius 1 is 0.809 bits per heavy atom. The molecule has 4 rings (SSSR count). The maximum absolute atomic E-state index is 15.2. The largest absolute Gasteiger partial charge is 0.477 e. The molecule has 1 aliphatic carbocycles. The highest BCUT2D eigenvalue weighted by Gasteiger charge is 2.29. The van der Waals surface area contributed by atoms with Crippen LogP contribution in [0.25, 0.3) is 10.9 Å². The molecule has 14 heteroatoms. The second-order valence-electron chi connectivity index (χ2n) is 11.4. The van der Waals surface area contributed by atoms with E-state index in [1.807, 2.05) is 11.8 Å². The van der Waals surface area contributed by atoms with Gasteiger partial charge in [-0.25, -0.2) is 9.18 Å². The van der Waals surface area contributed by atoms with Gasteiger partial charge in [0.2, 0.25) is 11.3 Å². The Morgan fingerprint density at radius 2 is 1.36 bits per heavy atom. The Balaban J connectivity index is 1.05. The van der Waals surface area contributed by atoms with Crippen LogP contribution in [0.2, 0.25) is 0 Å². The Bertz CT molecular complexity index is 1340. The second kappa shape index (κ2) is 19.6. The van der Waals surface area contributed by atoms with Crippen LogP contribution in [0.15, 0.2) is 23.1 Å². The molecule has 262 valence electrons. The van der Waals surface area contributed by atoms with Crippen LogP contribution in [0.5, 0.6) is 0 Å². The average Bonchev–Trinajstić information content (AvgIpc) is 3.91. The van der Waals surface area contributed by atoms with Gasteiger partial charge in [-0.3, -0.25) is 9.59 Å². The first-order valence-corrected chi connectivity index (χ1v) is 16.5. The molecular weight excluding hydrogens is 617 g/mol. The molecule has 1 saturated carbocycles. The van der Waals surface area contributed by atoms with Crippen molar-refractivity contribution in [2.45, 2.75) is 38.6 Å². The van der Waals surface area contributed by atoms with Crippen molar-refractivity contribution in [3.05, 3.63) is 39.9 Å². The lowest BCUT2D eigenvalue weighted by molar-refractivity contribution is -0.132. The molecule has 47 heavy (non-hydrogen) atoms. The SMILES string of the molecule is CCOCCOCCOCCOCCOCCCOCCC(=O)N1CCN(c2cc3c(cc2F)c(=O)c(C(=O)O)cn3C2CC2)CC1. The first-order valence-electron chi connectivity index (χ1n) is 16.5. The summed E-state index contributed by atoms with van der Waals surface area (Å²) in [5, 5.41) is 9.53. The summed E-state index contributed by atoms with van der Waals surface area (Å²) in [6.45, 7) is 9.93. The Morgan fingerprint density at radius 3 is 1.91 bits per heavy atom. The van der Waals surface area contributed by atoms with Crippen LogP contribution < -0.4 is 10.3 Å². The molecular formula is C33H48FN3O10. The maximum Gasteiger partial charge on any atom is 0.341 e. The van der Waals surface area contributed by atoms with Gasteiger partial charge in [-0.2, -0.15) is 0 Å². The third-order valence-electron chi connectivity index (χ3n) is 7.97. The summed E-state index contributed by atoms with van der Waals surface area (Å²) < 4.78 is 49.6. The summed E-state index contributed by atoms with van der Waals surface area (Å²) in [6, 6.07) is 2.88. The van der Waals surface area contributed by atoms with Gasteiger partial charge in [-0.1, -0.05) is 0 Å². The number of carboxylic acid groups (broad SMARTS) is 1. The molecule has 0 atom stereocenters. The Labute approximate surface area is 274 Å². The van der Waals surface area contributed by atoms with Gasteiger partial charge in [-0.05, 0) is 38.3 Å². The highest BCUT2D eigenvalue weighted by molar-refractivity contribution is 5.93. The lowest BCUT2D eigenvalue weighted by Gasteiger charge is -2.36. The third kappa shape index (κ3) is 11.5. The fourth-order valence-corrected chi connectivity index (χ4v) is 5.31. The maximum atomic E-state index is 15.2. The molecule has 1 amide bonds. The molecule has 1 N–H and O–H groups in total. The number of aromatic nitrogens is 1. The van der Waals surface area contributed by atoms with Gasteiger partial charge >= 0.3 is 5.97 Å².